The molecule has 1 N–H and O–H groups in total. The van der Waals surface area contributed by atoms with Gasteiger partial charge in [-0.3, -0.25) is 34.7 Å². The number of nitro groups is 2. The van der Waals surface area contributed by atoms with E-state index in [-0.39, 0.29) is 47.6 Å². The zero-order valence-corrected chi connectivity index (χ0v) is 29.3. The van der Waals surface area contributed by atoms with Crippen molar-refractivity contribution in [2.75, 3.05) is 6.54 Å². The fourth-order valence-electron chi connectivity index (χ4n) is 7.34. The van der Waals surface area contributed by atoms with E-state index in [0.717, 1.165) is 71.4 Å². The lowest BCUT2D eigenvalue weighted by Crippen LogP contribution is -2.45. The van der Waals surface area contributed by atoms with Crippen LogP contribution in [0.5, 0.6) is 0 Å². The first-order chi connectivity index (χ1) is 23.3. The molecule has 13 nitrogen and oxygen atoms in total. The molecule has 17 heteroatoms. The molecule has 1 amide bonds. The number of rotatable bonds is 11. The van der Waals surface area contributed by atoms with Crippen LogP contribution in [0.1, 0.15) is 116 Å². The van der Waals surface area contributed by atoms with Gasteiger partial charge in [0.05, 0.1) is 20.8 Å². The quantitative estimate of drug-likeness (QED) is 0.121. The zero-order valence-electron chi connectivity index (χ0n) is 27.6. The van der Waals surface area contributed by atoms with Crippen LogP contribution < -0.4 is 5.32 Å². The molecule has 1 saturated carbocycles. The van der Waals surface area contributed by atoms with E-state index in [1.807, 2.05) is 6.92 Å². The Morgan fingerprint density at radius 1 is 1.00 bits per heavy atom. The lowest BCUT2D eigenvalue weighted by molar-refractivity contribution is -0.380. The minimum absolute atomic E-state index is 0.00194. The van der Waals surface area contributed by atoms with Gasteiger partial charge in [0.1, 0.15) is 11.6 Å². The van der Waals surface area contributed by atoms with Crippen LogP contribution in [0.25, 0.3) is 0 Å². The number of piperidine rings is 1. The van der Waals surface area contributed by atoms with Gasteiger partial charge in [0, 0.05) is 66.4 Å². The van der Waals surface area contributed by atoms with E-state index in [1.165, 1.54) is 18.2 Å². The summed E-state index contributed by atoms with van der Waals surface area (Å²) in [5.74, 6) is -1.07. The number of aldehydes is 1. The van der Waals surface area contributed by atoms with Crippen molar-refractivity contribution in [3.05, 3.63) is 65.9 Å². The first kappa shape index (κ1) is 36.6. The first-order valence-corrected chi connectivity index (χ1v) is 18.2. The predicted molar refractivity (Wildman–Crippen MR) is 180 cm³/mol. The van der Waals surface area contributed by atoms with Gasteiger partial charge in [-0.2, -0.15) is 0 Å². The number of thiophene rings is 2. The lowest BCUT2D eigenvalue weighted by atomic mass is 9.86. The minimum atomic E-state index is -2.70. The van der Waals surface area contributed by atoms with Gasteiger partial charge in [-0.1, -0.05) is 36.5 Å². The standard InChI is InChI=1S/C27H38F2N6O3S.C5H3NO3S/c1-16(2)25-32-31-17(3)34(25)21-14-19-4-5-20(15-21)33(19)13-10-22(23-6-7-24(39-23)35(37)38)30-26(36)18-8-11-27(28,29)12-9-18;7-3-4-1-2-5(10-4)6(8)9/h6-7,16,18-22H,4-5,8-15H2,1-3H3,(H,30,36);1-3H/t19?,20?,21?,22-;/m0./s1. The summed E-state index contributed by atoms with van der Waals surface area (Å²) in [6.45, 7) is 7.07. The number of halogens is 2. The zero-order chi connectivity index (χ0) is 35.5. The molecular formula is C32H41F2N7O6S2. The summed E-state index contributed by atoms with van der Waals surface area (Å²) in [6.07, 6.45) is 5.27. The third-order valence-electron chi connectivity index (χ3n) is 9.76. The van der Waals surface area contributed by atoms with Gasteiger partial charge < -0.3 is 9.88 Å². The second-order valence-electron chi connectivity index (χ2n) is 13.3. The number of hydrogen-bond donors (Lipinski definition) is 1. The summed E-state index contributed by atoms with van der Waals surface area (Å²) in [5.41, 5.74) is 0. The van der Waals surface area contributed by atoms with Crippen LogP contribution >= 0.6 is 22.7 Å². The van der Waals surface area contributed by atoms with E-state index in [1.54, 1.807) is 6.07 Å². The molecule has 3 aromatic heterocycles. The molecule has 3 aromatic rings. The van der Waals surface area contributed by atoms with Gasteiger partial charge >= 0.3 is 10.0 Å². The minimum Gasteiger partial charge on any atom is -0.348 e. The highest BCUT2D eigenvalue weighted by molar-refractivity contribution is 7.16. The van der Waals surface area contributed by atoms with Gasteiger partial charge in [0.2, 0.25) is 11.8 Å². The number of nitrogens with zero attached hydrogens (tertiary/aromatic N) is 6. The van der Waals surface area contributed by atoms with Crippen LogP contribution in [-0.4, -0.2) is 66.3 Å². The van der Waals surface area contributed by atoms with Gasteiger partial charge in [-0.15, -0.1) is 10.2 Å². The van der Waals surface area contributed by atoms with Crippen LogP contribution in [-0.2, 0) is 4.79 Å². The number of aryl methyl sites for hydroxylation is 1. The van der Waals surface area contributed by atoms with Crippen molar-refractivity contribution in [3.63, 3.8) is 0 Å². The maximum Gasteiger partial charge on any atom is 0.324 e. The molecule has 49 heavy (non-hydrogen) atoms. The Kier molecular flexibility index (Phi) is 11.5. The average molecular weight is 722 g/mol. The van der Waals surface area contributed by atoms with Gasteiger partial charge in [-0.05, 0) is 64.0 Å². The number of hydrogen-bond acceptors (Lipinski definition) is 11. The van der Waals surface area contributed by atoms with Crippen molar-refractivity contribution in [2.45, 2.75) is 115 Å². The van der Waals surface area contributed by atoms with Crippen LogP contribution in [0.3, 0.4) is 0 Å². The third kappa shape index (κ3) is 8.73. The monoisotopic (exact) mass is 721 g/mol. The Hall–Kier alpha value is -3.70. The summed E-state index contributed by atoms with van der Waals surface area (Å²) in [6, 6.07) is 6.75. The number of alkyl halides is 2. The molecule has 0 spiro atoms. The molecule has 1 aliphatic carbocycles. The molecule has 5 heterocycles. The average Bonchev–Trinajstić information content (AvgIpc) is 3.85. The molecule has 6 rings (SSSR count). The fraction of sp³-hybridized carbons (Fsp3) is 0.625. The smallest absolute Gasteiger partial charge is 0.324 e. The number of carbonyl (C=O) groups excluding carboxylic acids is 2. The SMILES string of the molecule is Cc1nnc(C(C)C)n1C1CC2CCC(C1)N2CC[C@H](NC(=O)C1CCC(F)(F)CC1)c1ccc([N+](=O)[O-])s1.O=Cc1ccc([N+](=O)[O-])s1. The number of nitrogens with one attached hydrogen (secondary N) is 1. The largest absolute Gasteiger partial charge is 0.348 e. The maximum absolute atomic E-state index is 13.6. The highest BCUT2D eigenvalue weighted by atomic mass is 32.1. The summed E-state index contributed by atoms with van der Waals surface area (Å²) in [5, 5.41) is 33.3. The number of aromatic nitrogens is 3. The Balaban J connectivity index is 0.000000402. The van der Waals surface area contributed by atoms with E-state index >= 15 is 0 Å². The number of carbonyl (C=O) groups is 2. The molecule has 2 bridgehead atoms. The van der Waals surface area contributed by atoms with E-state index in [0.29, 0.717) is 41.6 Å². The van der Waals surface area contributed by atoms with Crippen molar-refractivity contribution in [1.82, 2.24) is 25.0 Å². The van der Waals surface area contributed by atoms with Crippen molar-refractivity contribution in [1.29, 1.82) is 0 Å². The van der Waals surface area contributed by atoms with E-state index in [4.69, 9.17) is 0 Å². The molecular weight excluding hydrogens is 681 g/mol. The molecule has 2 unspecified atom stereocenters. The highest BCUT2D eigenvalue weighted by Crippen LogP contribution is 2.43. The normalized spacial score (nSPS) is 22.7. The molecule has 2 saturated heterocycles. The van der Waals surface area contributed by atoms with E-state index in [9.17, 15) is 38.6 Å². The second kappa shape index (κ2) is 15.5. The fourth-order valence-corrected chi connectivity index (χ4v) is 8.88. The number of fused-ring (bicyclic) bond motifs is 2. The van der Waals surface area contributed by atoms with Crippen molar-refractivity contribution >= 4 is 44.9 Å². The molecule has 3 aliphatic rings. The van der Waals surface area contributed by atoms with Crippen molar-refractivity contribution in [3.8, 4) is 0 Å². The van der Waals surface area contributed by atoms with Crippen LogP contribution in [0.4, 0.5) is 18.8 Å². The molecule has 3 atom stereocenters. The predicted octanol–water partition coefficient (Wildman–Crippen LogP) is 7.39. The van der Waals surface area contributed by atoms with Gasteiger partial charge in [0.15, 0.2) is 6.29 Å². The van der Waals surface area contributed by atoms with Crippen molar-refractivity contribution in [2.24, 2.45) is 5.92 Å². The summed E-state index contributed by atoms with van der Waals surface area (Å²) in [7, 11) is 0. The molecule has 3 fully saturated rings. The summed E-state index contributed by atoms with van der Waals surface area (Å²) >= 11 is 1.95. The molecule has 2 aliphatic heterocycles. The molecule has 266 valence electrons. The Morgan fingerprint density at radius 3 is 2.14 bits per heavy atom. The lowest BCUT2D eigenvalue weighted by Gasteiger charge is -2.40. The van der Waals surface area contributed by atoms with E-state index < -0.39 is 21.7 Å². The highest BCUT2D eigenvalue weighted by Gasteiger charge is 2.43. The van der Waals surface area contributed by atoms with Gasteiger partial charge in [0.25, 0.3) is 0 Å². The van der Waals surface area contributed by atoms with Crippen molar-refractivity contribution < 1.29 is 28.2 Å². The topological polar surface area (TPSA) is 166 Å². The summed E-state index contributed by atoms with van der Waals surface area (Å²) < 4.78 is 29.6. The first-order valence-electron chi connectivity index (χ1n) is 16.5. The van der Waals surface area contributed by atoms with Crippen LogP contribution in [0.2, 0.25) is 0 Å². The Labute approximate surface area is 290 Å². The Bertz CT molecular complexity index is 1640. The van der Waals surface area contributed by atoms with Gasteiger partial charge in [-0.25, -0.2) is 8.78 Å². The van der Waals surface area contributed by atoms with E-state index in [2.05, 4.69) is 38.8 Å². The Morgan fingerprint density at radius 2 is 1.61 bits per heavy atom. The molecule has 0 aromatic carbocycles. The molecule has 0 radical (unpaired) electrons. The summed E-state index contributed by atoms with van der Waals surface area (Å²) in [4.78, 5) is 47.2. The maximum atomic E-state index is 13.6. The number of amides is 1. The second-order valence-corrected chi connectivity index (χ2v) is 15.5. The van der Waals surface area contributed by atoms with Crippen LogP contribution in [0.15, 0.2) is 24.3 Å². The third-order valence-corrected chi connectivity index (χ3v) is 11.9. The van der Waals surface area contributed by atoms with Crippen LogP contribution in [0, 0.1) is 33.1 Å².